The van der Waals surface area contributed by atoms with E-state index in [1.165, 1.54) is 0 Å². The molecule has 1 unspecified atom stereocenters. The largest absolute Gasteiger partial charge is 0.494 e. The van der Waals surface area contributed by atoms with Gasteiger partial charge in [0.25, 0.3) is 0 Å². The van der Waals surface area contributed by atoms with E-state index in [1.54, 1.807) is 25.3 Å². The smallest absolute Gasteiger partial charge is 0.213 e. The van der Waals surface area contributed by atoms with Crippen LogP contribution in [0.15, 0.2) is 42.5 Å². The maximum atomic E-state index is 10.3. The SMILES string of the molecule is CCOc1ccc(C(O)c2cccc(OC)n2)cc1. The van der Waals surface area contributed by atoms with Gasteiger partial charge >= 0.3 is 0 Å². The third-order valence-electron chi connectivity index (χ3n) is 2.74. The number of rotatable bonds is 5. The number of nitrogens with zero attached hydrogens (tertiary/aromatic N) is 1. The molecule has 4 heteroatoms. The number of hydrogen-bond acceptors (Lipinski definition) is 4. The van der Waals surface area contributed by atoms with E-state index in [4.69, 9.17) is 9.47 Å². The van der Waals surface area contributed by atoms with Gasteiger partial charge in [-0.05, 0) is 30.7 Å². The van der Waals surface area contributed by atoms with Gasteiger partial charge in [0.15, 0.2) is 0 Å². The van der Waals surface area contributed by atoms with E-state index in [9.17, 15) is 5.11 Å². The normalized spacial score (nSPS) is 11.9. The fourth-order valence-electron chi connectivity index (χ4n) is 1.78. The number of aliphatic hydroxyl groups is 1. The van der Waals surface area contributed by atoms with Crippen molar-refractivity contribution in [3.8, 4) is 11.6 Å². The summed E-state index contributed by atoms with van der Waals surface area (Å²) in [5, 5.41) is 10.3. The molecule has 2 rings (SSSR count). The van der Waals surface area contributed by atoms with Crippen LogP contribution in [-0.4, -0.2) is 23.8 Å². The van der Waals surface area contributed by atoms with Crippen LogP contribution in [0.4, 0.5) is 0 Å². The van der Waals surface area contributed by atoms with Gasteiger partial charge in [-0.3, -0.25) is 0 Å². The molecule has 1 atom stereocenters. The second-order valence-electron chi connectivity index (χ2n) is 4.01. The van der Waals surface area contributed by atoms with Gasteiger partial charge in [0.2, 0.25) is 5.88 Å². The van der Waals surface area contributed by atoms with Crippen molar-refractivity contribution in [2.24, 2.45) is 0 Å². The molecular formula is C15H17NO3. The van der Waals surface area contributed by atoms with Crippen LogP contribution in [0.2, 0.25) is 0 Å². The molecule has 0 saturated carbocycles. The predicted octanol–water partition coefficient (Wildman–Crippen LogP) is 2.57. The van der Waals surface area contributed by atoms with Gasteiger partial charge in [0.1, 0.15) is 11.9 Å². The van der Waals surface area contributed by atoms with E-state index < -0.39 is 6.10 Å². The highest BCUT2D eigenvalue weighted by molar-refractivity contribution is 5.32. The molecule has 0 radical (unpaired) electrons. The topological polar surface area (TPSA) is 51.6 Å². The van der Waals surface area contributed by atoms with Crippen LogP contribution >= 0.6 is 0 Å². The number of aliphatic hydroxyl groups excluding tert-OH is 1. The van der Waals surface area contributed by atoms with Crippen LogP contribution in [0.5, 0.6) is 11.6 Å². The van der Waals surface area contributed by atoms with Gasteiger partial charge < -0.3 is 14.6 Å². The molecule has 1 aromatic carbocycles. The summed E-state index contributed by atoms with van der Waals surface area (Å²) in [6, 6.07) is 12.6. The number of ether oxygens (including phenoxy) is 2. The van der Waals surface area contributed by atoms with E-state index in [2.05, 4.69) is 4.98 Å². The van der Waals surface area contributed by atoms with Gasteiger partial charge in [-0.15, -0.1) is 0 Å². The van der Waals surface area contributed by atoms with Gasteiger partial charge in [-0.1, -0.05) is 18.2 Å². The molecule has 0 aliphatic rings. The summed E-state index contributed by atoms with van der Waals surface area (Å²) in [6.45, 7) is 2.56. The molecule has 2 aromatic rings. The zero-order valence-corrected chi connectivity index (χ0v) is 11.0. The zero-order valence-electron chi connectivity index (χ0n) is 11.0. The van der Waals surface area contributed by atoms with E-state index in [-0.39, 0.29) is 0 Å². The van der Waals surface area contributed by atoms with Crippen LogP contribution in [-0.2, 0) is 0 Å². The van der Waals surface area contributed by atoms with E-state index in [1.807, 2.05) is 31.2 Å². The highest BCUT2D eigenvalue weighted by Crippen LogP contribution is 2.23. The van der Waals surface area contributed by atoms with Crippen molar-refractivity contribution >= 4 is 0 Å². The molecule has 100 valence electrons. The molecule has 0 aliphatic heterocycles. The average molecular weight is 259 g/mol. The van der Waals surface area contributed by atoms with Crippen LogP contribution in [0.25, 0.3) is 0 Å². The second-order valence-corrected chi connectivity index (χ2v) is 4.01. The molecule has 1 aromatic heterocycles. The van der Waals surface area contributed by atoms with E-state index >= 15 is 0 Å². The van der Waals surface area contributed by atoms with Crippen molar-refractivity contribution in [1.82, 2.24) is 4.98 Å². The molecule has 0 amide bonds. The van der Waals surface area contributed by atoms with E-state index in [0.29, 0.717) is 18.2 Å². The number of hydrogen-bond donors (Lipinski definition) is 1. The first-order chi connectivity index (χ1) is 9.24. The highest BCUT2D eigenvalue weighted by Gasteiger charge is 2.12. The maximum Gasteiger partial charge on any atom is 0.213 e. The van der Waals surface area contributed by atoms with Crippen LogP contribution in [0, 0.1) is 0 Å². The molecule has 0 bridgehead atoms. The standard InChI is InChI=1S/C15H17NO3/c1-3-19-12-9-7-11(8-10-12)15(17)13-5-4-6-14(16-13)18-2/h4-10,15,17H,3H2,1-2H3. The van der Waals surface area contributed by atoms with Crippen molar-refractivity contribution < 1.29 is 14.6 Å². The molecule has 0 aliphatic carbocycles. The summed E-state index contributed by atoms with van der Waals surface area (Å²) in [4.78, 5) is 4.22. The fraction of sp³-hybridized carbons (Fsp3) is 0.267. The summed E-state index contributed by atoms with van der Waals surface area (Å²) < 4.78 is 10.4. The van der Waals surface area contributed by atoms with E-state index in [0.717, 1.165) is 11.3 Å². The van der Waals surface area contributed by atoms with Crippen molar-refractivity contribution in [1.29, 1.82) is 0 Å². The minimum absolute atomic E-state index is 0.488. The zero-order chi connectivity index (χ0) is 13.7. The predicted molar refractivity (Wildman–Crippen MR) is 72.5 cm³/mol. The summed E-state index contributed by atoms with van der Waals surface area (Å²) >= 11 is 0. The third-order valence-corrected chi connectivity index (χ3v) is 2.74. The van der Waals surface area contributed by atoms with Crippen LogP contribution in [0.3, 0.4) is 0 Å². The Hall–Kier alpha value is -2.07. The lowest BCUT2D eigenvalue weighted by Crippen LogP contribution is -2.03. The fourth-order valence-corrected chi connectivity index (χ4v) is 1.78. The minimum Gasteiger partial charge on any atom is -0.494 e. The molecule has 4 nitrogen and oxygen atoms in total. The lowest BCUT2D eigenvalue weighted by atomic mass is 10.1. The van der Waals surface area contributed by atoms with Gasteiger partial charge in [0.05, 0.1) is 19.4 Å². The monoisotopic (exact) mass is 259 g/mol. The molecule has 0 spiro atoms. The van der Waals surface area contributed by atoms with Crippen molar-refractivity contribution in [2.45, 2.75) is 13.0 Å². The summed E-state index contributed by atoms with van der Waals surface area (Å²) in [5.74, 6) is 1.28. The Morgan fingerprint density at radius 2 is 1.89 bits per heavy atom. The molecule has 1 N–H and O–H groups in total. The lowest BCUT2D eigenvalue weighted by molar-refractivity contribution is 0.213. The average Bonchev–Trinajstić information content (AvgIpc) is 2.48. The Labute approximate surface area is 112 Å². The summed E-state index contributed by atoms with van der Waals surface area (Å²) in [6.07, 6.45) is -0.772. The van der Waals surface area contributed by atoms with Crippen molar-refractivity contribution in [2.75, 3.05) is 13.7 Å². The summed E-state index contributed by atoms with van der Waals surface area (Å²) in [5.41, 5.74) is 1.33. The van der Waals surface area contributed by atoms with Crippen molar-refractivity contribution in [3.63, 3.8) is 0 Å². The first kappa shape index (κ1) is 13.4. The van der Waals surface area contributed by atoms with Crippen molar-refractivity contribution in [3.05, 3.63) is 53.7 Å². The number of aromatic nitrogens is 1. The van der Waals surface area contributed by atoms with Gasteiger partial charge in [-0.25, -0.2) is 4.98 Å². The highest BCUT2D eigenvalue weighted by atomic mass is 16.5. The molecule has 1 heterocycles. The Kier molecular flexibility index (Phi) is 4.36. The lowest BCUT2D eigenvalue weighted by Gasteiger charge is -2.12. The molecule has 0 fully saturated rings. The number of pyridine rings is 1. The Balaban J connectivity index is 2.20. The van der Waals surface area contributed by atoms with Gasteiger partial charge in [0, 0.05) is 6.07 Å². The van der Waals surface area contributed by atoms with Crippen LogP contribution in [0.1, 0.15) is 24.3 Å². The first-order valence-electron chi connectivity index (χ1n) is 6.16. The quantitative estimate of drug-likeness (QED) is 0.896. The molecule has 0 saturated heterocycles. The third kappa shape index (κ3) is 3.23. The summed E-state index contributed by atoms with van der Waals surface area (Å²) in [7, 11) is 1.55. The Morgan fingerprint density at radius 3 is 2.53 bits per heavy atom. The maximum absolute atomic E-state index is 10.3. The molecular weight excluding hydrogens is 242 g/mol. The Bertz CT molecular complexity index is 525. The number of benzene rings is 1. The minimum atomic E-state index is -0.772. The van der Waals surface area contributed by atoms with Gasteiger partial charge in [-0.2, -0.15) is 0 Å². The Morgan fingerprint density at radius 1 is 1.16 bits per heavy atom. The van der Waals surface area contributed by atoms with Crippen LogP contribution < -0.4 is 9.47 Å². The number of methoxy groups -OCH3 is 1. The molecule has 19 heavy (non-hydrogen) atoms. The first-order valence-corrected chi connectivity index (χ1v) is 6.16. The second kappa shape index (κ2) is 6.20.